The minimum absolute atomic E-state index is 0.235. The van der Waals surface area contributed by atoms with E-state index in [4.69, 9.17) is 9.15 Å². The Morgan fingerprint density at radius 3 is 3.17 bits per heavy atom. The third-order valence-corrected chi connectivity index (χ3v) is 1.28. The molecule has 0 atom stereocenters. The summed E-state index contributed by atoms with van der Waals surface area (Å²) >= 11 is 0. The van der Waals surface area contributed by atoms with Crippen molar-refractivity contribution in [2.24, 2.45) is 0 Å². The van der Waals surface area contributed by atoms with Crippen LogP contribution in [0.4, 0.5) is 0 Å². The lowest BCUT2D eigenvalue weighted by molar-refractivity contribution is 0.0475. The number of hydrogen-bond acceptors (Lipinski definition) is 3. The van der Waals surface area contributed by atoms with Crippen molar-refractivity contribution in [3.63, 3.8) is 0 Å². The van der Waals surface area contributed by atoms with Gasteiger partial charge in [0.05, 0.1) is 12.9 Å². The fourth-order valence-corrected chi connectivity index (χ4v) is 0.701. The van der Waals surface area contributed by atoms with E-state index in [2.05, 4.69) is 6.58 Å². The molecule has 3 nitrogen and oxygen atoms in total. The van der Waals surface area contributed by atoms with Gasteiger partial charge < -0.3 is 9.15 Å². The molecular weight excluding hydrogens is 156 g/mol. The van der Waals surface area contributed by atoms with Crippen molar-refractivity contribution in [3.05, 3.63) is 36.8 Å². The molecular formula is C9H10O3. The van der Waals surface area contributed by atoms with Crippen LogP contribution in [0.1, 0.15) is 17.0 Å². The molecule has 0 bridgehead atoms. The van der Waals surface area contributed by atoms with Gasteiger partial charge in [-0.05, 0) is 18.6 Å². The van der Waals surface area contributed by atoms with E-state index in [9.17, 15) is 4.79 Å². The molecule has 0 aliphatic rings. The zero-order chi connectivity index (χ0) is 8.81. The molecule has 1 rings (SSSR count). The van der Waals surface area contributed by atoms with Gasteiger partial charge in [0.25, 0.3) is 0 Å². The lowest BCUT2D eigenvalue weighted by Crippen LogP contribution is -2.04. The SMILES string of the molecule is C=CCCOC(=O)c1ccco1. The van der Waals surface area contributed by atoms with Gasteiger partial charge in [-0.25, -0.2) is 4.79 Å². The lowest BCUT2D eigenvalue weighted by Gasteiger charge is -1.98. The first-order chi connectivity index (χ1) is 5.84. The second kappa shape index (κ2) is 4.38. The Bertz CT molecular complexity index is 249. The van der Waals surface area contributed by atoms with Crippen molar-refractivity contribution in [2.75, 3.05) is 6.61 Å². The zero-order valence-corrected chi connectivity index (χ0v) is 6.66. The molecule has 1 aromatic heterocycles. The molecule has 0 saturated carbocycles. The smallest absolute Gasteiger partial charge is 0.374 e. The second-order valence-electron chi connectivity index (χ2n) is 2.19. The minimum atomic E-state index is -0.429. The predicted molar refractivity (Wildman–Crippen MR) is 43.8 cm³/mol. The Balaban J connectivity index is 2.34. The Morgan fingerprint density at radius 2 is 2.58 bits per heavy atom. The number of esters is 1. The van der Waals surface area contributed by atoms with E-state index in [1.807, 2.05) is 0 Å². The van der Waals surface area contributed by atoms with E-state index in [-0.39, 0.29) is 5.76 Å². The molecule has 3 heteroatoms. The van der Waals surface area contributed by atoms with Crippen molar-refractivity contribution in [3.8, 4) is 0 Å². The van der Waals surface area contributed by atoms with Crippen LogP contribution in [0.25, 0.3) is 0 Å². The van der Waals surface area contributed by atoms with E-state index in [1.54, 1.807) is 18.2 Å². The summed E-state index contributed by atoms with van der Waals surface area (Å²) < 4.78 is 9.65. The molecule has 0 unspecified atom stereocenters. The van der Waals surface area contributed by atoms with Gasteiger partial charge in [-0.15, -0.1) is 6.58 Å². The van der Waals surface area contributed by atoms with Crippen LogP contribution >= 0.6 is 0 Å². The summed E-state index contributed by atoms with van der Waals surface area (Å²) in [5.74, 6) is -0.194. The number of carbonyl (C=O) groups is 1. The van der Waals surface area contributed by atoms with E-state index in [1.165, 1.54) is 6.26 Å². The number of rotatable bonds is 4. The molecule has 0 N–H and O–H groups in total. The Kier molecular flexibility index (Phi) is 3.14. The van der Waals surface area contributed by atoms with Crippen LogP contribution in [-0.2, 0) is 4.74 Å². The highest BCUT2D eigenvalue weighted by Gasteiger charge is 2.08. The van der Waals surface area contributed by atoms with Gasteiger partial charge in [0.1, 0.15) is 0 Å². The summed E-state index contributed by atoms with van der Waals surface area (Å²) in [4.78, 5) is 11.0. The normalized spacial score (nSPS) is 9.33. The molecule has 0 aliphatic carbocycles. The third-order valence-electron chi connectivity index (χ3n) is 1.28. The topological polar surface area (TPSA) is 39.4 Å². The fourth-order valence-electron chi connectivity index (χ4n) is 0.701. The summed E-state index contributed by atoms with van der Waals surface area (Å²) in [6.45, 7) is 3.86. The van der Waals surface area contributed by atoms with Crippen LogP contribution < -0.4 is 0 Å². The lowest BCUT2D eigenvalue weighted by atomic mass is 10.4. The van der Waals surface area contributed by atoms with Gasteiger partial charge >= 0.3 is 5.97 Å². The van der Waals surface area contributed by atoms with Crippen LogP contribution in [-0.4, -0.2) is 12.6 Å². The van der Waals surface area contributed by atoms with Crippen LogP contribution in [0.3, 0.4) is 0 Å². The molecule has 0 saturated heterocycles. The van der Waals surface area contributed by atoms with Gasteiger partial charge in [-0.3, -0.25) is 0 Å². The summed E-state index contributed by atoms with van der Waals surface area (Å²) in [6, 6.07) is 3.21. The Morgan fingerprint density at radius 1 is 1.75 bits per heavy atom. The summed E-state index contributed by atoms with van der Waals surface area (Å²) in [7, 11) is 0. The molecule has 64 valence electrons. The van der Waals surface area contributed by atoms with Crippen molar-refractivity contribution < 1.29 is 13.9 Å². The monoisotopic (exact) mass is 166 g/mol. The highest BCUT2D eigenvalue weighted by molar-refractivity contribution is 5.86. The van der Waals surface area contributed by atoms with Crippen molar-refractivity contribution in [1.82, 2.24) is 0 Å². The predicted octanol–water partition coefficient (Wildman–Crippen LogP) is 2.01. The van der Waals surface area contributed by atoms with Gasteiger partial charge in [-0.1, -0.05) is 6.08 Å². The first kappa shape index (κ1) is 8.59. The largest absolute Gasteiger partial charge is 0.460 e. The van der Waals surface area contributed by atoms with E-state index in [0.717, 1.165) is 0 Å². The average molecular weight is 166 g/mol. The second-order valence-corrected chi connectivity index (χ2v) is 2.19. The number of ether oxygens (including phenoxy) is 1. The van der Waals surface area contributed by atoms with Gasteiger partial charge in [0.2, 0.25) is 5.76 Å². The Hall–Kier alpha value is -1.51. The number of hydrogen-bond donors (Lipinski definition) is 0. The third kappa shape index (κ3) is 2.27. The van der Waals surface area contributed by atoms with Gasteiger partial charge in [0.15, 0.2) is 0 Å². The maximum absolute atomic E-state index is 11.0. The molecule has 0 aromatic carbocycles. The van der Waals surface area contributed by atoms with Crippen LogP contribution in [0.2, 0.25) is 0 Å². The minimum Gasteiger partial charge on any atom is -0.460 e. The van der Waals surface area contributed by atoms with Crippen LogP contribution in [0.5, 0.6) is 0 Å². The molecule has 0 radical (unpaired) electrons. The summed E-state index contributed by atoms with van der Waals surface area (Å²) in [5, 5.41) is 0. The average Bonchev–Trinajstić information content (AvgIpc) is 2.56. The molecule has 12 heavy (non-hydrogen) atoms. The van der Waals surface area contributed by atoms with E-state index >= 15 is 0 Å². The van der Waals surface area contributed by atoms with E-state index in [0.29, 0.717) is 13.0 Å². The van der Waals surface area contributed by atoms with Crippen LogP contribution in [0.15, 0.2) is 35.5 Å². The van der Waals surface area contributed by atoms with E-state index < -0.39 is 5.97 Å². The molecule has 0 amide bonds. The first-order valence-corrected chi connectivity index (χ1v) is 3.66. The summed E-state index contributed by atoms with van der Waals surface area (Å²) in [5.41, 5.74) is 0. The van der Waals surface area contributed by atoms with Crippen molar-refractivity contribution >= 4 is 5.97 Å². The first-order valence-electron chi connectivity index (χ1n) is 3.66. The van der Waals surface area contributed by atoms with Crippen molar-refractivity contribution in [1.29, 1.82) is 0 Å². The number of carbonyl (C=O) groups excluding carboxylic acids is 1. The molecule has 1 heterocycles. The maximum Gasteiger partial charge on any atom is 0.374 e. The van der Waals surface area contributed by atoms with Gasteiger partial charge in [0, 0.05) is 0 Å². The number of furan rings is 1. The molecule has 0 spiro atoms. The highest BCUT2D eigenvalue weighted by atomic mass is 16.5. The van der Waals surface area contributed by atoms with Gasteiger partial charge in [-0.2, -0.15) is 0 Å². The summed E-state index contributed by atoms with van der Waals surface area (Å²) in [6.07, 6.45) is 3.78. The zero-order valence-electron chi connectivity index (χ0n) is 6.66. The highest BCUT2D eigenvalue weighted by Crippen LogP contribution is 2.02. The fraction of sp³-hybridized carbons (Fsp3) is 0.222. The van der Waals surface area contributed by atoms with Crippen molar-refractivity contribution in [2.45, 2.75) is 6.42 Å². The Labute approximate surface area is 70.6 Å². The molecule has 1 aromatic rings. The quantitative estimate of drug-likeness (QED) is 0.390. The van der Waals surface area contributed by atoms with Crippen LogP contribution in [0, 0.1) is 0 Å². The molecule has 0 aliphatic heterocycles. The maximum atomic E-state index is 11.0. The standard InChI is InChI=1S/C9H10O3/c1-2-3-6-12-9(10)8-5-4-7-11-8/h2,4-5,7H,1,3,6H2. The molecule has 0 fully saturated rings.